The zero-order chi connectivity index (χ0) is 16.3. The summed E-state index contributed by atoms with van der Waals surface area (Å²) in [6, 6.07) is 10.1. The number of unbranched alkanes of at least 4 members (excludes halogenated alkanes) is 2. The van der Waals surface area contributed by atoms with Crippen LogP contribution in [0.2, 0.25) is 0 Å². The molecule has 2 heteroatoms. The van der Waals surface area contributed by atoms with Crippen molar-refractivity contribution in [2.24, 2.45) is 5.92 Å². The number of carbonyl (C=O) groups excluding carboxylic acids is 1. The number of hydrogen-bond donors (Lipinski definition) is 0. The van der Waals surface area contributed by atoms with Gasteiger partial charge in [0.1, 0.15) is 0 Å². The highest BCUT2D eigenvalue weighted by atomic mass is 16.1. The number of ketones is 1. The van der Waals surface area contributed by atoms with E-state index in [0.717, 1.165) is 18.5 Å². The Morgan fingerprint density at radius 3 is 2.57 bits per heavy atom. The average molecular weight is 313 g/mol. The summed E-state index contributed by atoms with van der Waals surface area (Å²) in [5.74, 6) is 0.468. The molecule has 1 unspecified atom stereocenters. The summed E-state index contributed by atoms with van der Waals surface area (Å²) in [5, 5.41) is 0. The molecule has 0 N–H and O–H groups in total. The van der Waals surface area contributed by atoms with Crippen molar-refractivity contribution in [1.82, 2.24) is 4.90 Å². The highest BCUT2D eigenvalue weighted by molar-refractivity contribution is 5.95. The van der Waals surface area contributed by atoms with Crippen LogP contribution >= 0.6 is 0 Å². The molecule has 1 aliphatic rings. The third-order valence-electron chi connectivity index (χ3n) is 4.73. The fraction of sp³-hybridized carbons (Fsp3) is 0.571. The number of carbonyl (C=O) groups is 1. The Hall–Kier alpha value is -1.41. The SMILES string of the molecule is CCCCCC(CN1CCCCC1)C(=O)/C=C/c1ccccc1. The van der Waals surface area contributed by atoms with Crippen LogP contribution in [0, 0.1) is 5.92 Å². The molecule has 0 bridgehead atoms. The van der Waals surface area contributed by atoms with Crippen LogP contribution in [0.15, 0.2) is 36.4 Å². The van der Waals surface area contributed by atoms with E-state index >= 15 is 0 Å². The van der Waals surface area contributed by atoms with Crippen molar-refractivity contribution in [3.8, 4) is 0 Å². The molecule has 1 fully saturated rings. The van der Waals surface area contributed by atoms with Gasteiger partial charge in [-0.2, -0.15) is 0 Å². The van der Waals surface area contributed by atoms with Gasteiger partial charge < -0.3 is 4.90 Å². The molecule has 0 amide bonds. The minimum Gasteiger partial charge on any atom is -0.303 e. The second kappa shape index (κ2) is 10.4. The van der Waals surface area contributed by atoms with E-state index in [-0.39, 0.29) is 5.92 Å². The molecule has 0 aromatic heterocycles. The first-order chi connectivity index (χ1) is 11.3. The second-order valence-corrected chi connectivity index (χ2v) is 6.70. The van der Waals surface area contributed by atoms with Crippen molar-refractivity contribution >= 4 is 11.9 Å². The van der Waals surface area contributed by atoms with E-state index in [1.54, 1.807) is 6.08 Å². The molecule has 0 radical (unpaired) electrons. The van der Waals surface area contributed by atoms with Crippen LogP contribution in [-0.4, -0.2) is 30.3 Å². The number of rotatable bonds is 9. The first-order valence-electron chi connectivity index (χ1n) is 9.29. The lowest BCUT2D eigenvalue weighted by Gasteiger charge is -2.29. The molecule has 2 rings (SSSR count). The molecule has 1 aromatic carbocycles. The number of hydrogen-bond acceptors (Lipinski definition) is 2. The molecular formula is C21H31NO. The van der Waals surface area contributed by atoms with Crippen LogP contribution in [0.3, 0.4) is 0 Å². The average Bonchev–Trinajstić information content (AvgIpc) is 2.61. The number of allylic oxidation sites excluding steroid dienone is 1. The molecule has 0 spiro atoms. The maximum atomic E-state index is 12.7. The highest BCUT2D eigenvalue weighted by Crippen LogP contribution is 2.17. The fourth-order valence-electron chi connectivity index (χ4n) is 3.30. The van der Waals surface area contributed by atoms with Gasteiger partial charge in [0.05, 0.1) is 0 Å². The van der Waals surface area contributed by atoms with Crippen LogP contribution in [0.1, 0.15) is 57.4 Å². The third-order valence-corrected chi connectivity index (χ3v) is 4.73. The van der Waals surface area contributed by atoms with Crippen molar-refractivity contribution in [2.45, 2.75) is 51.9 Å². The minimum absolute atomic E-state index is 0.166. The van der Waals surface area contributed by atoms with Gasteiger partial charge in [0.2, 0.25) is 0 Å². The smallest absolute Gasteiger partial charge is 0.160 e. The maximum Gasteiger partial charge on any atom is 0.160 e. The van der Waals surface area contributed by atoms with Gasteiger partial charge in [-0.15, -0.1) is 0 Å². The lowest BCUT2D eigenvalue weighted by Crippen LogP contribution is -2.36. The topological polar surface area (TPSA) is 20.3 Å². The van der Waals surface area contributed by atoms with E-state index < -0.39 is 0 Å². The van der Waals surface area contributed by atoms with E-state index in [4.69, 9.17) is 0 Å². The number of nitrogens with zero attached hydrogens (tertiary/aromatic N) is 1. The molecule has 1 aliphatic heterocycles. The predicted octanol–water partition coefficient (Wildman–Crippen LogP) is 4.95. The van der Waals surface area contributed by atoms with E-state index in [9.17, 15) is 4.79 Å². The zero-order valence-electron chi connectivity index (χ0n) is 14.5. The molecule has 1 atom stereocenters. The fourth-order valence-corrected chi connectivity index (χ4v) is 3.30. The molecule has 1 aromatic rings. The first-order valence-corrected chi connectivity index (χ1v) is 9.29. The standard InChI is InChI=1S/C21H31NO/c1-2-3-6-13-20(18-22-16-9-5-10-17-22)21(23)15-14-19-11-7-4-8-12-19/h4,7-8,11-12,14-15,20H,2-3,5-6,9-10,13,16-18H2,1H3/b15-14+. The predicted molar refractivity (Wildman–Crippen MR) is 98.4 cm³/mol. The monoisotopic (exact) mass is 313 g/mol. The van der Waals surface area contributed by atoms with Gasteiger partial charge in [-0.3, -0.25) is 4.79 Å². The van der Waals surface area contributed by atoms with Crippen LogP contribution < -0.4 is 0 Å². The van der Waals surface area contributed by atoms with E-state index in [0.29, 0.717) is 5.78 Å². The highest BCUT2D eigenvalue weighted by Gasteiger charge is 2.20. The van der Waals surface area contributed by atoms with Crippen molar-refractivity contribution in [1.29, 1.82) is 0 Å². The van der Waals surface area contributed by atoms with Gasteiger partial charge in [0.25, 0.3) is 0 Å². The number of likely N-dealkylation sites (tertiary alicyclic amines) is 1. The summed E-state index contributed by atoms with van der Waals surface area (Å²) >= 11 is 0. The quantitative estimate of drug-likeness (QED) is 0.475. The van der Waals surface area contributed by atoms with Crippen molar-refractivity contribution in [3.63, 3.8) is 0 Å². The normalized spacial score (nSPS) is 17.4. The Bertz CT molecular complexity index is 474. The summed E-state index contributed by atoms with van der Waals surface area (Å²) in [5.41, 5.74) is 1.10. The molecule has 2 nitrogen and oxygen atoms in total. The van der Waals surface area contributed by atoms with E-state index in [1.165, 1.54) is 51.6 Å². The minimum atomic E-state index is 0.166. The van der Waals surface area contributed by atoms with Gasteiger partial charge in [-0.1, -0.05) is 69.0 Å². The third kappa shape index (κ3) is 6.70. The Labute approximate surface area is 141 Å². The summed E-state index contributed by atoms with van der Waals surface area (Å²) in [7, 11) is 0. The van der Waals surface area contributed by atoms with Gasteiger partial charge in [0.15, 0.2) is 5.78 Å². The zero-order valence-corrected chi connectivity index (χ0v) is 14.5. The molecule has 1 heterocycles. The molecule has 0 saturated carbocycles. The Morgan fingerprint density at radius 2 is 1.87 bits per heavy atom. The molecular weight excluding hydrogens is 282 g/mol. The van der Waals surface area contributed by atoms with Gasteiger partial charge in [-0.25, -0.2) is 0 Å². The Kier molecular flexibility index (Phi) is 8.10. The largest absolute Gasteiger partial charge is 0.303 e. The van der Waals surface area contributed by atoms with Crippen molar-refractivity contribution in [3.05, 3.63) is 42.0 Å². The Morgan fingerprint density at radius 1 is 1.13 bits per heavy atom. The molecule has 23 heavy (non-hydrogen) atoms. The van der Waals surface area contributed by atoms with E-state index in [2.05, 4.69) is 11.8 Å². The summed E-state index contributed by atoms with van der Waals surface area (Å²) in [4.78, 5) is 15.2. The van der Waals surface area contributed by atoms with Gasteiger partial charge in [-0.05, 0) is 44.0 Å². The molecule has 0 aliphatic carbocycles. The van der Waals surface area contributed by atoms with Crippen molar-refractivity contribution in [2.75, 3.05) is 19.6 Å². The maximum absolute atomic E-state index is 12.7. The van der Waals surface area contributed by atoms with Crippen molar-refractivity contribution < 1.29 is 4.79 Å². The van der Waals surface area contributed by atoms with Crippen LogP contribution in [0.5, 0.6) is 0 Å². The summed E-state index contributed by atoms with van der Waals surface area (Å²) < 4.78 is 0. The molecule has 126 valence electrons. The number of piperidine rings is 1. The van der Waals surface area contributed by atoms with Crippen LogP contribution in [0.25, 0.3) is 6.08 Å². The van der Waals surface area contributed by atoms with Gasteiger partial charge in [0, 0.05) is 12.5 Å². The Balaban J connectivity index is 1.93. The van der Waals surface area contributed by atoms with E-state index in [1.807, 2.05) is 36.4 Å². The summed E-state index contributed by atoms with van der Waals surface area (Å²) in [6.07, 6.45) is 12.3. The molecule has 1 saturated heterocycles. The lowest BCUT2D eigenvalue weighted by molar-refractivity contribution is -0.119. The van der Waals surface area contributed by atoms with Crippen LogP contribution in [0.4, 0.5) is 0 Å². The summed E-state index contributed by atoms with van der Waals surface area (Å²) in [6.45, 7) is 5.50. The number of benzene rings is 1. The van der Waals surface area contributed by atoms with Crippen LogP contribution in [-0.2, 0) is 4.79 Å². The second-order valence-electron chi connectivity index (χ2n) is 6.70. The first kappa shape index (κ1) is 17.9. The van der Waals surface area contributed by atoms with Gasteiger partial charge >= 0.3 is 0 Å². The lowest BCUT2D eigenvalue weighted by atomic mass is 9.94.